The summed E-state index contributed by atoms with van der Waals surface area (Å²) < 4.78 is 18.9. The zero-order chi connectivity index (χ0) is 36.6. The fourth-order valence-corrected chi connectivity index (χ4v) is 8.58. The van der Waals surface area contributed by atoms with E-state index in [1.165, 1.54) is 53.5 Å². The quantitative estimate of drug-likeness (QED) is 0.230. The van der Waals surface area contributed by atoms with Crippen molar-refractivity contribution in [3.8, 4) is 16.8 Å². The van der Waals surface area contributed by atoms with E-state index in [-0.39, 0.29) is 23.0 Å². The Balaban J connectivity index is 1.01. The van der Waals surface area contributed by atoms with Crippen molar-refractivity contribution < 1.29 is 9.18 Å². The summed E-state index contributed by atoms with van der Waals surface area (Å²) in [5.41, 5.74) is 4.02. The summed E-state index contributed by atoms with van der Waals surface area (Å²) in [4.78, 5) is 50.5. The molecule has 0 bridgehead atoms. The van der Waals surface area contributed by atoms with Crippen LogP contribution in [0.25, 0.3) is 27.8 Å². The van der Waals surface area contributed by atoms with E-state index >= 15 is 0 Å². The maximum absolute atomic E-state index is 14.6. The fraction of sp³-hybridized carbons (Fsp3) is 0.439. The molecule has 1 aliphatic carbocycles. The van der Waals surface area contributed by atoms with Crippen molar-refractivity contribution in [2.45, 2.75) is 83.0 Å². The highest BCUT2D eigenvalue weighted by atomic mass is 19.1. The number of amides is 1. The molecule has 3 aromatic heterocycles. The van der Waals surface area contributed by atoms with Gasteiger partial charge in [-0.1, -0.05) is 36.4 Å². The van der Waals surface area contributed by atoms with Gasteiger partial charge in [-0.25, -0.2) is 18.7 Å². The van der Waals surface area contributed by atoms with E-state index in [1.807, 2.05) is 31.2 Å². The van der Waals surface area contributed by atoms with E-state index in [1.54, 1.807) is 17.8 Å². The average molecular weight is 719 g/mol. The standard InChI is InChI=1S/C41H47FN8O3/c1-27-22-37(45-46(27)2)39(51)44-32-12-14-34(15-13-32)50-40(52)36-24-31(42)25-43-38(36)49(41(50)53)35-7-5-6-30(23-35)29-10-8-28(9-11-29)26-47-20-16-33(17-21-47)48-18-3-4-19-48/h5-11,22-25,32-34H,3-4,12-21,26H2,1-2H3,(H,44,51)/t32-,34+. The maximum atomic E-state index is 14.6. The van der Waals surface area contributed by atoms with E-state index in [2.05, 4.69) is 49.5 Å². The van der Waals surface area contributed by atoms with Crippen LogP contribution in [-0.2, 0) is 13.6 Å². The Bertz CT molecular complexity index is 2220. The number of aryl methyl sites for hydroxylation is 2. The molecule has 0 unspecified atom stereocenters. The summed E-state index contributed by atoms with van der Waals surface area (Å²) in [5.74, 6) is -0.890. The summed E-state index contributed by atoms with van der Waals surface area (Å²) in [6, 6.07) is 19.3. The number of nitrogens with zero attached hydrogens (tertiary/aromatic N) is 7. The lowest BCUT2D eigenvalue weighted by Gasteiger charge is -2.36. The summed E-state index contributed by atoms with van der Waals surface area (Å²) in [6.45, 7) is 7.57. The molecule has 1 saturated carbocycles. The van der Waals surface area contributed by atoms with Gasteiger partial charge in [-0.2, -0.15) is 5.10 Å². The molecule has 53 heavy (non-hydrogen) atoms. The number of likely N-dealkylation sites (tertiary alicyclic amines) is 2. The number of carbonyl (C=O) groups is 1. The van der Waals surface area contributed by atoms with E-state index in [4.69, 9.17) is 0 Å². The monoisotopic (exact) mass is 718 g/mol. The molecule has 0 spiro atoms. The molecule has 5 aromatic rings. The Morgan fingerprint density at radius 2 is 1.60 bits per heavy atom. The molecule has 3 aliphatic rings. The predicted molar refractivity (Wildman–Crippen MR) is 203 cm³/mol. The van der Waals surface area contributed by atoms with E-state index in [0.717, 1.165) is 54.8 Å². The van der Waals surface area contributed by atoms with Crippen LogP contribution in [0.2, 0.25) is 0 Å². The topological polar surface area (TPSA) is 110 Å². The normalized spacial score (nSPS) is 20.3. The van der Waals surface area contributed by atoms with Crippen LogP contribution in [0.15, 0.2) is 76.4 Å². The number of pyridine rings is 1. The minimum absolute atomic E-state index is 0.0461. The molecule has 0 radical (unpaired) electrons. The van der Waals surface area contributed by atoms with Crippen molar-refractivity contribution in [1.29, 1.82) is 0 Å². The van der Waals surface area contributed by atoms with Gasteiger partial charge in [-0.3, -0.25) is 23.7 Å². The van der Waals surface area contributed by atoms with Gasteiger partial charge < -0.3 is 10.2 Å². The second-order valence-corrected chi connectivity index (χ2v) is 15.1. The summed E-state index contributed by atoms with van der Waals surface area (Å²) >= 11 is 0. The van der Waals surface area contributed by atoms with Gasteiger partial charge >= 0.3 is 5.69 Å². The zero-order valence-electron chi connectivity index (χ0n) is 30.5. The van der Waals surface area contributed by atoms with Gasteiger partial charge in [-0.05, 0) is 125 Å². The molecule has 2 saturated heterocycles. The SMILES string of the molecule is Cc1cc(C(=O)N[C@H]2CC[C@@H](n3c(=O)c4cc(F)cnc4n(-c4cccc(-c5ccc(CN6CCC(N7CCCC7)CC6)cc5)c4)c3=O)CC2)nn1C. The molecular formula is C41H47FN8O3. The summed E-state index contributed by atoms with van der Waals surface area (Å²) in [5, 5.41) is 7.38. The minimum atomic E-state index is -0.646. The maximum Gasteiger partial charge on any atom is 0.337 e. The smallest absolute Gasteiger partial charge is 0.337 e. The number of aromatic nitrogens is 5. The Hall–Kier alpha value is -4.94. The molecule has 12 heteroatoms. The molecule has 2 aliphatic heterocycles. The van der Waals surface area contributed by atoms with Crippen LogP contribution in [0, 0.1) is 12.7 Å². The number of hydrogen-bond acceptors (Lipinski definition) is 7. The molecule has 3 fully saturated rings. The van der Waals surface area contributed by atoms with Gasteiger partial charge in [0.2, 0.25) is 0 Å². The van der Waals surface area contributed by atoms with Crippen LogP contribution < -0.4 is 16.6 Å². The fourth-order valence-electron chi connectivity index (χ4n) is 8.58. The third-order valence-electron chi connectivity index (χ3n) is 11.6. The van der Waals surface area contributed by atoms with Crippen molar-refractivity contribution >= 4 is 16.9 Å². The van der Waals surface area contributed by atoms with Crippen LogP contribution in [0.4, 0.5) is 4.39 Å². The Morgan fingerprint density at radius 1 is 0.868 bits per heavy atom. The van der Waals surface area contributed by atoms with Gasteiger partial charge in [0.15, 0.2) is 5.65 Å². The van der Waals surface area contributed by atoms with Crippen molar-refractivity contribution in [3.63, 3.8) is 0 Å². The summed E-state index contributed by atoms with van der Waals surface area (Å²) in [7, 11) is 1.79. The predicted octanol–water partition coefficient (Wildman–Crippen LogP) is 5.37. The number of fused-ring (bicyclic) bond motifs is 1. The van der Waals surface area contributed by atoms with Gasteiger partial charge in [-0.15, -0.1) is 0 Å². The third-order valence-corrected chi connectivity index (χ3v) is 11.6. The van der Waals surface area contributed by atoms with E-state index < -0.39 is 23.1 Å². The Morgan fingerprint density at radius 3 is 2.30 bits per heavy atom. The number of halogens is 1. The molecule has 1 N–H and O–H groups in total. The Kier molecular flexibility index (Phi) is 9.82. The number of nitrogens with one attached hydrogen (secondary N) is 1. The first kappa shape index (κ1) is 35.1. The van der Waals surface area contributed by atoms with Crippen LogP contribution in [-0.4, -0.2) is 77.9 Å². The highest BCUT2D eigenvalue weighted by Gasteiger charge is 2.29. The molecule has 1 amide bonds. The van der Waals surface area contributed by atoms with Crippen LogP contribution in [0.3, 0.4) is 0 Å². The molecule has 8 rings (SSSR count). The van der Waals surface area contributed by atoms with E-state index in [9.17, 15) is 18.8 Å². The van der Waals surface area contributed by atoms with Gasteiger partial charge in [0, 0.05) is 37.4 Å². The minimum Gasteiger partial charge on any atom is -0.348 e. The van der Waals surface area contributed by atoms with Crippen molar-refractivity contribution in [2.24, 2.45) is 7.05 Å². The molecular weight excluding hydrogens is 672 g/mol. The first-order valence-corrected chi connectivity index (χ1v) is 19.0. The number of piperidine rings is 1. The zero-order valence-corrected chi connectivity index (χ0v) is 30.5. The lowest BCUT2D eigenvalue weighted by atomic mass is 9.90. The van der Waals surface area contributed by atoms with Crippen LogP contribution in [0.5, 0.6) is 0 Å². The summed E-state index contributed by atoms with van der Waals surface area (Å²) in [6.07, 6.45) is 8.34. The molecule has 276 valence electrons. The average Bonchev–Trinajstić information content (AvgIpc) is 3.83. The molecule has 2 aromatic carbocycles. The lowest BCUT2D eigenvalue weighted by molar-refractivity contribution is 0.0916. The number of benzene rings is 2. The van der Waals surface area contributed by atoms with Crippen molar-refractivity contribution in [3.05, 3.63) is 110 Å². The van der Waals surface area contributed by atoms with Crippen molar-refractivity contribution in [1.82, 2.24) is 39.0 Å². The third kappa shape index (κ3) is 7.22. The second-order valence-electron chi connectivity index (χ2n) is 15.1. The largest absolute Gasteiger partial charge is 0.348 e. The number of hydrogen-bond donors (Lipinski definition) is 1. The Labute approximate surface area is 308 Å². The number of rotatable bonds is 8. The second kappa shape index (κ2) is 14.8. The number of carbonyl (C=O) groups excluding carboxylic acids is 1. The van der Waals surface area contributed by atoms with Crippen molar-refractivity contribution in [2.75, 3.05) is 26.2 Å². The molecule has 5 heterocycles. The van der Waals surface area contributed by atoms with Gasteiger partial charge in [0.25, 0.3) is 11.5 Å². The first-order valence-electron chi connectivity index (χ1n) is 19.0. The van der Waals surface area contributed by atoms with Gasteiger partial charge in [0.05, 0.1) is 17.3 Å². The molecule has 0 atom stereocenters. The highest BCUT2D eigenvalue weighted by Crippen LogP contribution is 2.29. The van der Waals surface area contributed by atoms with Crippen LogP contribution >= 0.6 is 0 Å². The van der Waals surface area contributed by atoms with Crippen LogP contribution in [0.1, 0.15) is 79.2 Å². The van der Waals surface area contributed by atoms with Gasteiger partial charge in [0.1, 0.15) is 11.5 Å². The first-order chi connectivity index (χ1) is 25.7. The molecule has 11 nitrogen and oxygen atoms in total. The van der Waals surface area contributed by atoms with E-state index in [0.29, 0.717) is 37.1 Å². The highest BCUT2D eigenvalue weighted by molar-refractivity contribution is 5.92. The lowest BCUT2D eigenvalue weighted by Crippen LogP contribution is -2.45.